The van der Waals surface area contributed by atoms with Gasteiger partial charge < -0.3 is 5.11 Å². The van der Waals surface area contributed by atoms with Crippen molar-refractivity contribution in [1.82, 2.24) is 14.1 Å². The SMILES string of the molecule is CN(C1CCCc2c1cnn2CCC(=O)O)S(=O)(=O)c1cc(C(F)(F)F)cc(S(=O)(=O)c2ccc(F)cc2)c1. The van der Waals surface area contributed by atoms with Gasteiger partial charge in [0.1, 0.15) is 5.82 Å². The highest BCUT2D eigenvalue weighted by Gasteiger charge is 2.38. The number of nitrogens with zero attached hydrogens (tertiary/aromatic N) is 3. The molecule has 0 bridgehead atoms. The highest BCUT2D eigenvalue weighted by molar-refractivity contribution is 7.91. The average molecular weight is 590 g/mol. The van der Waals surface area contributed by atoms with Gasteiger partial charge in [0.25, 0.3) is 0 Å². The number of carboxylic acid groups (broad SMARTS) is 1. The zero-order chi connectivity index (χ0) is 28.8. The summed E-state index contributed by atoms with van der Waals surface area (Å²) in [5, 5.41) is 13.1. The maximum Gasteiger partial charge on any atom is 0.416 e. The Labute approximate surface area is 221 Å². The van der Waals surface area contributed by atoms with Crippen molar-refractivity contribution in [2.24, 2.45) is 0 Å². The summed E-state index contributed by atoms with van der Waals surface area (Å²) >= 11 is 0. The quantitative estimate of drug-likeness (QED) is 0.310. The summed E-state index contributed by atoms with van der Waals surface area (Å²) in [6, 6.07) is 3.92. The lowest BCUT2D eigenvalue weighted by Gasteiger charge is -2.31. The summed E-state index contributed by atoms with van der Waals surface area (Å²) in [4.78, 5) is 8.65. The first-order valence-electron chi connectivity index (χ1n) is 11.6. The van der Waals surface area contributed by atoms with E-state index in [1.807, 2.05) is 0 Å². The van der Waals surface area contributed by atoms with Crippen molar-refractivity contribution in [3.8, 4) is 0 Å². The average Bonchev–Trinajstić information content (AvgIpc) is 3.29. The Morgan fingerprint density at radius 3 is 2.33 bits per heavy atom. The molecule has 15 heteroatoms. The van der Waals surface area contributed by atoms with Crippen LogP contribution in [-0.2, 0) is 43.8 Å². The van der Waals surface area contributed by atoms with Gasteiger partial charge in [-0.15, -0.1) is 0 Å². The number of benzene rings is 2. The lowest BCUT2D eigenvalue weighted by molar-refractivity contribution is -0.138. The van der Waals surface area contributed by atoms with Crippen LogP contribution in [0.4, 0.5) is 17.6 Å². The van der Waals surface area contributed by atoms with Gasteiger partial charge in [-0.25, -0.2) is 21.2 Å². The van der Waals surface area contributed by atoms with Gasteiger partial charge in [-0.05, 0) is 61.7 Å². The number of aryl methyl sites for hydroxylation is 1. The van der Waals surface area contributed by atoms with Crippen LogP contribution < -0.4 is 0 Å². The first kappa shape index (κ1) is 28.7. The van der Waals surface area contributed by atoms with Crippen LogP contribution in [0.1, 0.15) is 42.1 Å². The standard InChI is InChI=1S/C24H23F4N3O6S2/c1-30(21-3-2-4-22-20(21)14-29-31(22)10-9-23(32)33)39(36,37)19-12-15(24(26,27)28)11-18(13-19)38(34,35)17-7-5-16(25)6-8-17/h5-8,11-14,21H,2-4,9-10H2,1H3,(H,32,33). The highest BCUT2D eigenvalue weighted by Crippen LogP contribution is 2.39. The van der Waals surface area contributed by atoms with Gasteiger partial charge in [-0.1, -0.05) is 0 Å². The fourth-order valence-electron chi connectivity index (χ4n) is 4.49. The number of rotatable bonds is 8. The minimum atomic E-state index is -5.07. The second-order valence-corrected chi connectivity index (χ2v) is 12.9. The number of aromatic nitrogens is 2. The topological polar surface area (TPSA) is 127 Å². The molecule has 3 aromatic rings. The first-order valence-corrected chi connectivity index (χ1v) is 14.5. The van der Waals surface area contributed by atoms with Gasteiger partial charge in [0.2, 0.25) is 19.9 Å². The molecule has 1 unspecified atom stereocenters. The molecule has 0 saturated carbocycles. The smallest absolute Gasteiger partial charge is 0.416 e. The Kier molecular flexibility index (Phi) is 7.62. The number of sulfonamides is 1. The molecule has 0 aliphatic heterocycles. The molecule has 1 atom stereocenters. The molecule has 0 saturated heterocycles. The number of hydrogen-bond acceptors (Lipinski definition) is 6. The molecule has 1 aliphatic rings. The Bertz CT molecular complexity index is 1620. The molecular formula is C24H23F4N3O6S2. The van der Waals surface area contributed by atoms with Crippen molar-refractivity contribution in [3.05, 3.63) is 71.3 Å². The van der Waals surface area contributed by atoms with Gasteiger partial charge >= 0.3 is 12.1 Å². The number of halogens is 4. The van der Waals surface area contributed by atoms with Crippen LogP contribution in [0.3, 0.4) is 0 Å². The Hall–Kier alpha value is -3.30. The van der Waals surface area contributed by atoms with Gasteiger partial charge in [-0.3, -0.25) is 9.48 Å². The molecule has 9 nitrogen and oxygen atoms in total. The van der Waals surface area contributed by atoms with Gasteiger partial charge in [-0.2, -0.15) is 22.6 Å². The van der Waals surface area contributed by atoms with Crippen LogP contribution in [-0.4, -0.2) is 49.0 Å². The number of alkyl halides is 3. The maximum absolute atomic E-state index is 13.8. The highest BCUT2D eigenvalue weighted by atomic mass is 32.2. The van der Waals surface area contributed by atoms with Crippen molar-refractivity contribution in [1.29, 1.82) is 0 Å². The number of carbonyl (C=O) groups is 1. The molecule has 0 spiro atoms. The first-order chi connectivity index (χ1) is 18.1. The van der Waals surface area contributed by atoms with E-state index in [1.165, 1.54) is 17.9 Å². The van der Waals surface area contributed by atoms with Crippen molar-refractivity contribution in [3.63, 3.8) is 0 Å². The van der Waals surface area contributed by atoms with Crippen molar-refractivity contribution in [2.75, 3.05) is 7.05 Å². The molecule has 1 heterocycles. The van der Waals surface area contributed by atoms with Crippen molar-refractivity contribution >= 4 is 25.8 Å². The van der Waals surface area contributed by atoms with E-state index in [1.54, 1.807) is 0 Å². The van der Waals surface area contributed by atoms with Crippen LogP contribution in [0.2, 0.25) is 0 Å². The number of sulfone groups is 1. The summed E-state index contributed by atoms with van der Waals surface area (Å²) in [6.07, 6.45) is -2.55. The Morgan fingerprint density at radius 1 is 1.08 bits per heavy atom. The number of aliphatic carboxylic acids is 1. The predicted molar refractivity (Wildman–Crippen MR) is 128 cm³/mol. The van der Waals surface area contributed by atoms with E-state index in [0.29, 0.717) is 48.7 Å². The fraction of sp³-hybridized carbons (Fsp3) is 0.333. The summed E-state index contributed by atoms with van der Waals surface area (Å²) in [5.41, 5.74) is -0.370. The molecular weight excluding hydrogens is 566 g/mol. The number of fused-ring (bicyclic) bond motifs is 1. The third-order valence-electron chi connectivity index (χ3n) is 6.53. The third-order valence-corrected chi connectivity index (χ3v) is 10.1. The summed E-state index contributed by atoms with van der Waals surface area (Å²) in [7, 11) is -8.14. The van der Waals surface area contributed by atoms with E-state index >= 15 is 0 Å². The molecule has 39 heavy (non-hydrogen) atoms. The van der Waals surface area contributed by atoms with Crippen molar-refractivity contribution < 1.29 is 44.3 Å². The van der Waals surface area contributed by atoms with Gasteiger partial charge in [0.15, 0.2) is 0 Å². The molecule has 1 N–H and O–H groups in total. The molecule has 1 aromatic heterocycles. The van der Waals surface area contributed by atoms with Gasteiger partial charge in [0.05, 0.1) is 45.5 Å². The zero-order valence-corrected chi connectivity index (χ0v) is 22.0. The minimum Gasteiger partial charge on any atom is -0.481 e. The van der Waals surface area contributed by atoms with E-state index in [9.17, 15) is 39.2 Å². The maximum atomic E-state index is 13.8. The molecule has 0 radical (unpaired) electrons. The minimum absolute atomic E-state index is 0.0616. The van der Waals surface area contributed by atoms with Crippen LogP contribution >= 0.6 is 0 Å². The molecule has 1 aliphatic carbocycles. The molecule has 0 amide bonds. The van der Waals surface area contributed by atoms with Crippen molar-refractivity contribution in [2.45, 2.75) is 59.1 Å². The third kappa shape index (κ3) is 5.70. The summed E-state index contributed by atoms with van der Waals surface area (Å²) in [6.45, 7) is 0.0616. The second-order valence-electron chi connectivity index (χ2n) is 8.99. The lowest BCUT2D eigenvalue weighted by Crippen LogP contribution is -2.33. The number of hydrogen-bond donors (Lipinski definition) is 1. The molecule has 2 aromatic carbocycles. The molecule has 0 fully saturated rings. The summed E-state index contributed by atoms with van der Waals surface area (Å²) in [5.74, 6) is -1.80. The van der Waals surface area contributed by atoms with Crippen LogP contribution in [0.5, 0.6) is 0 Å². The van der Waals surface area contributed by atoms with E-state index < -0.39 is 64.1 Å². The van der Waals surface area contributed by atoms with Crippen LogP contribution in [0.15, 0.2) is 63.3 Å². The van der Waals surface area contributed by atoms with E-state index in [2.05, 4.69) is 5.10 Å². The van der Waals surface area contributed by atoms with E-state index in [4.69, 9.17) is 5.11 Å². The predicted octanol–water partition coefficient (Wildman–Crippen LogP) is 4.05. The lowest BCUT2D eigenvalue weighted by atomic mass is 9.93. The Balaban J connectivity index is 1.78. The normalized spacial score (nSPS) is 16.3. The monoisotopic (exact) mass is 589 g/mol. The molecule has 210 valence electrons. The second kappa shape index (κ2) is 10.4. The number of carboxylic acids is 1. The molecule has 4 rings (SSSR count). The van der Waals surface area contributed by atoms with E-state index in [-0.39, 0.29) is 13.0 Å². The van der Waals surface area contributed by atoms with Crippen LogP contribution in [0, 0.1) is 5.82 Å². The fourth-order valence-corrected chi connectivity index (χ4v) is 7.33. The van der Waals surface area contributed by atoms with Crippen LogP contribution in [0.25, 0.3) is 0 Å². The Morgan fingerprint density at radius 2 is 1.72 bits per heavy atom. The van der Waals surface area contributed by atoms with E-state index in [0.717, 1.165) is 28.6 Å². The largest absolute Gasteiger partial charge is 0.481 e. The summed E-state index contributed by atoms with van der Waals surface area (Å²) < 4.78 is 110. The zero-order valence-electron chi connectivity index (χ0n) is 20.4. The van der Waals surface area contributed by atoms with Gasteiger partial charge in [0, 0.05) is 18.3 Å².